The van der Waals surface area contributed by atoms with E-state index in [0.29, 0.717) is 6.54 Å². The Labute approximate surface area is 126 Å². The van der Waals surface area contributed by atoms with Gasteiger partial charge in [0.1, 0.15) is 0 Å². The quantitative estimate of drug-likeness (QED) is 0.732. The van der Waals surface area contributed by atoms with Crippen LogP contribution in [0.4, 0.5) is 0 Å². The molecule has 0 aromatic carbocycles. The second kappa shape index (κ2) is 5.06. The molecule has 0 N–H and O–H groups in total. The zero-order valence-electron chi connectivity index (χ0n) is 13.4. The number of hydrogen-bond acceptors (Lipinski definition) is 4. The molecule has 3 fully saturated rings. The average molecular weight is 294 g/mol. The number of carbonyl (C=O) groups excluding carboxylic acids is 2. The normalized spacial score (nSPS) is 36.3. The third-order valence-corrected chi connectivity index (χ3v) is 6.25. The zero-order chi connectivity index (χ0) is 15.3. The molecule has 1 saturated carbocycles. The molecule has 118 valence electrons. The number of nitrogens with zero attached hydrogens (tertiary/aromatic N) is 2. The number of hydrogen-bond donors (Lipinski definition) is 0. The summed E-state index contributed by atoms with van der Waals surface area (Å²) in [5, 5.41) is 0. The highest BCUT2D eigenvalue weighted by molar-refractivity contribution is 6.03. The predicted octanol–water partition coefficient (Wildman–Crippen LogP) is 1.13. The number of likely N-dealkylation sites (tertiary alicyclic amines) is 1. The fourth-order valence-corrected chi connectivity index (χ4v) is 4.18. The highest BCUT2D eigenvalue weighted by Gasteiger charge is 2.64. The van der Waals surface area contributed by atoms with E-state index in [1.807, 2.05) is 6.92 Å². The third-order valence-electron chi connectivity index (χ3n) is 6.25. The van der Waals surface area contributed by atoms with Crippen LogP contribution in [0.5, 0.6) is 0 Å². The van der Waals surface area contributed by atoms with Crippen LogP contribution < -0.4 is 0 Å². The number of rotatable bonds is 3. The maximum atomic E-state index is 12.9. The standard InChI is InChI=1S/C16H26N2O3/c1-15(2)12-4-5-16(15,3)14(20)18(13(12)19)7-6-17-8-10-21-11-9-17/h12H,4-11H2,1-3H3/t12-,16+/m1/s1. The van der Waals surface area contributed by atoms with Crippen LogP contribution in [0.2, 0.25) is 0 Å². The second-order valence-corrected chi connectivity index (χ2v) is 7.39. The minimum Gasteiger partial charge on any atom is -0.379 e. The maximum absolute atomic E-state index is 12.9. The second-order valence-electron chi connectivity index (χ2n) is 7.39. The number of carbonyl (C=O) groups is 2. The number of fused-ring (bicyclic) bond motifs is 2. The van der Waals surface area contributed by atoms with Crippen LogP contribution in [0.3, 0.4) is 0 Å². The van der Waals surface area contributed by atoms with Crippen LogP contribution in [-0.4, -0.2) is 61.0 Å². The summed E-state index contributed by atoms with van der Waals surface area (Å²) in [6.07, 6.45) is 1.69. The van der Waals surface area contributed by atoms with E-state index in [0.717, 1.165) is 45.7 Å². The highest BCUT2D eigenvalue weighted by Crippen LogP contribution is 2.59. The number of piperidine rings is 1. The molecule has 1 aliphatic carbocycles. The molecule has 2 saturated heterocycles. The molecule has 3 rings (SSSR count). The maximum Gasteiger partial charge on any atom is 0.235 e. The summed E-state index contributed by atoms with van der Waals surface area (Å²) in [4.78, 5) is 29.4. The van der Waals surface area contributed by atoms with Crippen molar-refractivity contribution in [2.75, 3.05) is 39.4 Å². The first-order valence-corrected chi connectivity index (χ1v) is 8.04. The largest absolute Gasteiger partial charge is 0.379 e. The predicted molar refractivity (Wildman–Crippen MR) is 78.6 cm³/mol. The lowest BCUT2D eigenvalue weighted by atomic mass is 9.62. The van der Waals surface area contributed by atoms with Crippen LogP contribution in [-0.2, 0) is 14.3 Å². The fraction of sp³-hybridized carbons (Fsp3) is 0.875. The Morgan fingerprint density at radius 3 is 2.48 bits per heavy atom. The van der Waals surface area contributed by atoms with Crippen LogP contribution in [0.15, 0.2) is 0 Å². The lowest BCUT2D eigenvalue weighted by Crippen LogP contribution is -2.60. The van der Waals surface area contributed by atoms with Gasteiger partial charge in [0.05, 0.1) is 18.6 Å². The van der Waals surface area contributed by atoms with Crippen molar-refractivity contribution in [3.05, 3.63) is 0 Å². The van der Waals surface area contributed by atoms with Crippen LogP contribution >= 0.6 is 0 Å². The van der Waals surface area contributed by atoms with Gasteiger partial charge in [-0.25, -0.2) is 0 Å². The van der Waals surface area contributed by atoms with Crippen LogP contribution in [0.25, 0.3) is 0 Å². The van der Waals surface area contributed by atoms with E-state index >= 15 is 0 Å². The van der Waals surface area contributed by atoms with Crippen molar-refractivity contribution >= 4 is 11.8 Å². The van der Waals surface area contributed by atoms with E-state index in [9.17, 15) is 9.59 Å². The van der Waals surface area contributed by atoms with Gasteiger partial charge in [-0.1, -0.05) is 20.8 Å². The minimum absolute atomic E-state index is 0.00453. The van der Waals surface area contributed by atoms with Crippen molar-refractivity contribution in [3.8, 4) is 0 Å². The van der Waals surface area contributed by atoms with E-state index < -0.39 is 0 Å². The smallest absolute Gasteiger partial charge is 0.235 e. The van der Waals surface area contributed by atoms with Crippen LogP contribution in [0.1, 0.15) is 33.6 Å². The molecule has 0 spiro atoms. The van der Waals surface area contributed by atoms with Gasteiger partial charge in [0.25, 0.3) is 0 Å². The Morgan fingerprint density at radius 2 is 1.81 bits per heavy atom. The van der Waals surface area contributed by atoms with Crippen molar-refractivity contribution < 1.29 is 14.3 Å². The highest BCUT2D eigenvalue weighted by atomic mass is 16.5. The molecule has 5 heteroatoms. The summed E-state index contributed by atoms with van der Waals surface area (Å²) in [6.45, 7) is 10.8. The molecule has 3 aliphatic rings. The van der Waals surface area contributed by atoms with E-state index in [-0.39, 0.29) is 28.6 Å². The molecule has 0 aromatic heterocycles. The summed E-state index contributed by atoms with van der Waals surface area (Å²) in [5.41, 5.74) is -0.590. The first kappa shape index (κ1) is 15.0. The van der Waals surface area contributed by atoms with Crippen molar-refractivity contribution in [2.24, 2.45) is 16.7 Å². The molecule has 2 heterocycles. The molecule has 2 bridgehead atoms. The molecule has 2 atom stereocenters. The Hall–Kier alpha value is -0.940. The van der Waals surface area contributed by atoms with Gasteiger partial charge in [-0.2, -0.15) is 0 Å². The molecule has 2 amide bonds. The van der Waals surface area contributed by atoms with E-state index in [1.54, 1.807) is 4.90 Å². The van der Waals surface area contributed by atoms with Gasteiger partial charge in [0, 0.05) is 32.1 Å². The number of amides is 2. The number of ether oxygens (including phenoxy) is 1. The van der Waals surface area contributed by atoms with Gasteiger partial charge in [-0.3, -0.25) is 19.4 Å². The van der Waals surface area contributed by atoms with E-state index in [2.05, 4.69) is 18.7 Å². The molecule has 5 nitrogen and oxygen atoms in total. The van der Waals surface area contributed by atoms with Gasteiger partial charge in [0.15, 0.2) is 0 Å². The Kier molecular flexibility index (Phi) is 3.61. The van der Waals surface area contributed by atoms with Gasteiger partial charge < -0.3 is 4.74 Å². The minimum atomic E-state index is -0.378. The summed E-state index contributed by atoms with van der Waals surface area (Å²) in [5.74, 6) is 0.0950. The van der Waals surface area contributed by atoms with E-state index in [1.165, 1.54) is 0 Å². The summed E-state index contributed by atoms with van der Waals surface area (Å²) in [7, 11) is 0. The average Bonchev–Trinajstić information content (AvgIpc) is 2.65. The van der Waals surface area contributed by atoms with Gasteiger partial charge >= 0.3 is 0 Å². The van der Waals surface area contributed by atoms with Crippen LogP contribution in [0, 0.1) is 16.7 Å². The first-order valence-electron chi connectivity index (χ1n) is 8.04. The molecular formula is C16H26N2O3. The summed E-state index contributed by atoms with van der Waals surface area (Å²) in [6, 6.07) is 0. The lowest BCUT2D eigenvalue weighted by molar-refractivity contribution is -0.168. The SMILES string of the molecule is CC1(C)[C@@H]2CC[C@@]1(C)C(=O)N(CCN1CCOCC1)C2=O. The Morgan fingerprint density at radius 1 is 1.14 bits per heavy atom. The molecular weight excluding hydrogens is 268 g/mol. The van der Waals surface area contributed by atoms with Gasteiger partial charge in [-0.15, -0.1) is 0 Å². The van der Waals surface area contributed by atoms with E-state index in [4.69, 9.17) is 4.74 Å². The third kappa shape index (κ3) is 2.13. The Balaban J connectivity index is 1.72. The molecule has 0 unspecified atom stereocenters. The number of morpholine rings is 1. The molecule has 2 aliphatic heterocycles. The van der Waals surface area contributed by atoms with Crippen molar-refractivity contribution in [3.63, 3.8) is 0 Å². The zero-order valence-corrected chi connectivity index (χ0v) is 13.4. The fourth-order valence-electron chi connectivity index (χ4n) is 4.18. The van der Waals surface area contributed by atoms with Gasteiger partial charge in [-0.05, 0) is 18.3 Å². The first-order chi connectivity index (χ1) is 9.88. The molecule has 0 aromatic rings. The topological polar surface area (TPSA) is 49.9 Å². The molecule has 0 radical (unpaired) electrons. The van der Waals surface area contributed by atoms with Crippen molar-refractivity contribution in [2.45, 2.75) is 33.6 Å². The lowest BCUT2D eigenvalue weighted by Gasteiger charge is -2.48. The molecule has 21 heavy (non-hydrogen) atoms. The Bertz CT molecular complexity index is 456. The summed E-state index contributed by atoms with van der Waals surface area (Å²) >= 11 is 0. The number of imide groups is 1. The van der Waals surface area contributed by atoms with Crippen molar-refractivity contribution in [1.29, 1.82) is 0 Å². The van der Waals surface area contributed by atoms with Gasteiger partial charge in [0.2, 0.25) is 11.8 Å². The van der Waals surface area contributed by atoms with Crippen molar-refractivity contribution in [1.82, 2.24) is 9.80 Å². The summed E-state index contributed by atoms with van der Waals surface area (Å²) < 4.78 is 5.33. The monoisotopic (exact) mass is 294 g/mol.